The summed E-state index contributed by atoms with van der Waals surface area (Å²) in [5.41, 5.74) is 0.294. The van der Waals surface area contributed by atoms with Crippen LogP contribution in [0, 0.1) is 0 Å². The zero-order valence-electron chi connectivity index (χ0n) is 12.1. The number of fused-ring (bicyclic) bond motifs is 1. The highest BCUT2D eigenvalue weighted by atomic mass is 32.2. The average molecular weight is 344 g/mol. The lowest BCUT2D eigenvalue weighted by molar-refractivity contribution is 0.140. The Morgan fingerprint density at radius 2 is 2.17 bits per heavy atom. The molecule has 0 aliphatic carbocycles. The fraction of sp³-hybridized carbons (Fsp3) is 0.357. The number of hydrogen-bond donors (Lipinski definition) is 1. The highest BCUT2D eigenvalue weighted by Gasteiger charge is 2.23. The first-order chi connectivity index (χ1) is 10.8. The standard InChI is InChI=1S/C14H14F2N2O4S/c1-8-4-9-5-11(2-3-13(9)21-8)23(19,20)17-7-10-6-12(14(15)16)18-22-10/h2-3,5-6,8,14,17H,4,7H2,1H3. The quantitative estimate of drug-likeness (QED) is 0.901. The molecule has 1 aliphatic heterocycles. The maximum Gasteiger partial charge on any atom is 0.283 e. The van der Waals surface area contributed by atoms with Crippen molar-refractivity contribution in [2.24, 2.45) is 0 Å². The van der Waals surface area contributed by atoms with Gasteiger partial charge in [-0.1, -0.05) is 5.16 Å². The van der Waals surface area contributed by atoms with E-state index in [0.29, 0.717) is 12.2 Å². The Labute approximate surface area is 131 Å². The van der Waals surface area contributed by atoms with Gasteiger partial charge in [0.05, 0.1) is 11.4 Å². The van der Waals surface area contributed by atoms with Crippen molar-refractivity contribution in [3.05, 3.63) is 41.3 Å². The van der Waals surface area contributed by atoms with Crippen LogP contribution in [-0.2, 0) is 23.0 Å². The Balaban J connectivity index is 1.73. The van der Waals surface area contributed by atoms with Gasteiger partial charge in [0.1, 0.15) is 17.5 Å². The van der Waals surface area contributed by atoms with Gasteiger partial charge in [0.15, 0.2) is 5.76 Å². The van der Waals surface area contributed by atoms with E-state index in [-0.39, 0.29) is 23.3 Å². The summed E-state index contributed by atoms with van der Waals surface area (Å²) in [6, 6.07) is 5.61. The number of halogens is 2. The first-order valence-corrected chi connectivity index (χ1v) is 8.36. The normalized spacial score (nSPS) is 17.3. The fourth-order valence-corrected chi connectivity index (χ4v) is 3.37. The van der Waals surface area contributed by atoms with Gasteiger partial charge < -0.3 is 9.26 Å². The van der Waals surface area contributed by atoms with E-state index in [9.17, 15) is 17.2 Å². The van der Waals surface area contributed by atoms with Crippen LogP contribution in [0.5, 0.6) is 5.75 Å². The summed E-state index contributed by atoms with van der Waals surface area (Å²) in [4.78, 5) is 0.0857. The summed E-state index contributed by atoms with van der Waals surface area (Å²) in [6.45, 7) is 1.64. The molecule has 9 heteroatoms. The van der Waals surface area contributed by atoms with E-state index in [1.165, 1.54) is 6.07 Å². The van der Waals surface area contributed by atoms with E-state index in [1.807, 2.05) is 6.92 Å². The molecule has 2 heterocycles. The Morgan fingerprint density at radius 1 is 1.39 bits per heavy atom. The van der Waals surface area contributed by atoms with Crippen LogP contribution in [0.1, 0.15) is 30.4 Å². The van der Waals surface area contributed by atoms with E-state index in [0.717, 1.165) is 11.6 Å². The molecule has 1 aromatic carbocycles. The van der Waals surface area contributed by atoms with Crippen molar-refractivity contribution in [1.82, 2.24) is 9.88 Å². The van der Waals surface area contributed by atoms with Crippen molar-refractivity contribution < 1.29 is 26.5 Å². The SMILES string of the molecule is CC1Cc2cc(S(=O)(=O)NCc3cc(C(F)F)no3)ccc2O1. The van der Waals surface area contributed by atoms with E-state index in [1.54, 1.807) is 12.1 Å². The lowest BCUT2D eigenvalue weighted by atomic mass is 10.1. The van der Waals surface area contributed by atoms with Crippen molar-refractivity contribution in [1.29, 1.82) is 0 Å². The lowest BCUT2D eigenvalue weighted by Gasteiger charge is -2.06. The van der Waals surface area contributed by atoms with Gasteiger partial charge in [-0.25, -0.2) is 21.9 Å². The van der Waals surface area contributed by atoms with Crippen molar-refractivity contribution in [2.75, 3.05) is 0 Å². The van der Waals surface area contributed by atoms with Crippen LogP contribution < -0.4 is 9.46 Å². The second-order valence-electron chi connectivity index (χ2n) is 5.25. The highest BCUT2D eigenvalue weighted by molar-refractivity contribution is 7.89. The largest absolute Gasteiger partial charge is 0.490 e. The number of ether oxygens (including phenoxy) is 1. The topological polar surface area (TPSA) is 81.4 Å². The lowest BCUT2D eigenvalue weighted by Crippen LogP contribution is -2.23. The molecule has 0 saturated carbocycles. The number of rotatable bonds is 5. The van der Waals surface area contributed by atoms with Crippen LogP contribution in [0.15, 0.2) is 33.7 Å². The maximum atomic E-state index is 12.4. The van der Waals surface area contributed by atoms with E-state index >= 15 is 0 Å². The Morgan fingerprint density at radius 3 is 2.87 bits per heavy atom. The third-order valence-corrected chi connectivity index (χ3v) is 4.81. The number of alkyl halides is 2. The first kappa shape index (κ1) is 15.9. The predicted octanol–water partition coefficient (Wildman–Crippen LogP) is 2.41. The smallest absolute Gasteiger partial charge is 0.283 e. The molecule has 0 amide bonds. The summed E-state index contributed by atoms with van der Waals surface area (Å²) >= 11 is 0. The summed E-state index contributed by atoms with van der Waals surface area (Å²) < 4.78 is 61.8. The molecular formula is C14H14F2N2O4S. The molecule has 124 valence electrons. The minimum absolute atomic E-state index is 0.0119. The van der Waals surface area contributed by atoms with Crippen molar-refractivity contribution in [2.45, 2.75) is 37.3 Å². The number of benzene rings is 1. The van der Waals surface area contributed by atoms with Gasteiger partial charge in [-0.05, 0) is 30.7 Å². The van der Waals surface area contributed by atoms with Gasteiger partial charge in [0, 0.05) is 12.5 Å². The predicted molar refractivity (Wildman–Crippen MR) is 75.7 cm³/mol. The number of aromatic nitrogens is 1. The molecule has 6 nitrogen and oxygen atoms in total. The summed E-state index contributed by atoms with van der Waals surface area (Å²) in [5.74, 6) is 0.690. The van der Waals surface area contributed by atoms with E-state index < -0.39 is 22.1 Å². The van der Waals surface area contributed by atoms with Gasteiger partial charge in [0.2, 0.25) is 10.0 Å². The number of nitrogens with one attached hydrogen (secondary N) is 1. The zero-order chi connectivity index (χ0) is 16.6. The average Bonchev–Trinajstić information content (AvgIpc) is 3.09. The second-order valence-corrected chi connectivity index (χ2v) is 7.01. The van der Waals surface area contributed by atoms with E-state index in [4.69, 9.17) is 4.74 Å². The molecule has 1 unspecified atom stereocenters. The molecule has 1 N–H and O–H groups in total. The monoisotopic (exact) mass is 344 g/mol. The Hall–Kier alpha value is -2.00. The third kappa shape index (κ3) is 3.35. The summed E-state index contributed by atoms with van der Waals surface area (Å²) in [6.07, 6.45) is -2.11. The van der Waals surface area contributed by atoms with Crippen LogP contribution in [0.3, 0.4) is 0 Å². The second kappa shape index (κ2) is 5.89. The highest BCUT2D eigenvalue weighted by Crippen LogP contribution is 2.30. The van der Waals surface area contributed by atoms with Gasteiger partial charge >= 0.3 is 0 Å². The molecule has 0 bridgehead atoms. The van der Waals surface area contributed by atoms with E-state index in [2.05, 4.69) is 14.4 Å². The van der Waals surface area contributed by atoms with Crippen LogP contribution in [0.2, 0.25) is 0 Å². The van der Waals surface area contributed by atoms with Gasteiger partial charge in [-0.3, -0.25) is 0 Å². The number of nitrogens with zero attached hydrogens (tertiary/aromatic N) is 1. The maximum absolute atomic E-state index is 12.4. The molecule has 1 aliphatic rings. The molecule has 0 radical (unpaired) electrons. The first-order valence-electron chi connectivity index (χ1n) is 6.88. The van der Waals surface area contributed by atoms with Crippen LogP contribution >= 0.6 is 0 Å². The summed E-state index contributed by atoms with van der Waals surface area (Å²) in [5, 5.41) is 3.17. The third-order valence-electron chi connectivity index (χ3n) is 3.41. The molecule has 3 rings (SSSR count). The van der Waals surface area contributed by atoms with Gasteiger partial charge in [-0.2, -0.15) is 0 Å². The van der Waals surface area contributed by atoms with Crippen LogP contribution in [0.25, 0.3) is 0 Å². The van der Waals surface area contributed by atoms with Crippen molar-refractivity contribution in [3.63, 3.8) is 0 Å². The van der Waals surface area contributed by atoms with Crippen molar-refractivity contribution >= 4 is 10.0 Å². The summed E-state index contributed by atoms with van der Waals surface area (Å²) in [7, 11) is -3.79. The Bertz CT molecular complexity index is 820. The Kier molecular flexibility index (Phi) is 4.07. The van der Waals surface area contributed by atoms with Crippen LogP contribution in [-0.4, -0.2) is 19.7 Å². The van der Waals surface area contributed by atoms with Crippen LogP contribution in [0.4, 0.5) is 8.78 Å². The number of hydrogen-bond acceptors (Lipinski definition) is 5. The fourth-order valence-electron chi connectivity index (χ4n) is 2.33. The molecule has 1 atom stereocenters. The molecular weight excluding hydrogens is 330 g/mol. The minimum Gasteiger partial charge on any atom is -0.490 e. The molecule has 2 aromatic rings. The van der Waals surface area contributed by atoms with Gasteiger partial charge in [0.25, 0.3) is 6.43 Å². The molecule has 0 saturated heterocycles. The molecule has 23 heavy (non-hydrogen) atoms. The number of sulfonamides is 1. The van der Waals surface area contributed by atoms with Crippen molar-refractivity contribution in [3.8, 4) is 5.75 Å². The molecule has 1 aromatic heterocycles. The molecule has 0 fully saturated rings. The minimum atomic E-state index is -3.79. The molecule has 0 spiro atoms. The zero-order valence-corrected chi connectivity index (χ0v) is 12.9. The van der Waals surface area contributed by atoms with Gasteiger partial charge in [-0.15, -0.1) is 0 Å².